The molecule has 0 aliphatic carbocycles. The van der Waals surface area contributed by atoms with Crippen molar-refractivity contribution in [2.24, 2.45) is 0 Å². The molecule has 3 rings (SSSR count). The highest BCUT2D eigenvalue weighted by Gasteiger charge is 2.24. The van der Waals surface area contributed by atoms with Crippen molar-refractivity contribution in [3.8, 4) is 5.75 Å². The van der Waals surface area contributed by atoms with Gasteiger partial charge in [0.2, 0.25) is 5.82 Å². The number of carbonyl (C=O) groups is 1. The van der Waals surface area contributed by atoms with Gasteiger partial charge in [0.05, 0.1) is 11.3 Å². The number of benzene rings is 2. The van der Waals surface area contributed by atoms with Gasteiger partial charge in [-0.25, -0.2) is 26.9 Å². The zero-order valence-corrected chi connectivity index (χ0v) is 13.7. The SMILES string of the molecule is CC(=O)Oc1cccc2ccc(C=Cc3c(F)c(F)c(F)c(F)c3F)nc12. The van der Waals surface area contributed by atoms with Gasteiger partial charge in [-0.1, -0.05) is 18.2 Å². The largest absolute Gasteiger partial charge is 0.424 e. The molecule has 2 aromatic carbocycles. The van der Waals surface area contributed by atoms with Crippen LogP contribution < -0.4 is 4.74 Å². The zero-order chi connectivity index (χ0) is 19.7. The average Bonchev–Trinajstić information content (AvgIpc) is 2.64. The molecule has 0 fully saturated rings. The number of hydrogen-bond donors (Lipinski definition) is 0. The lowest BCUT2D eigenvalue weighted by molar-refractivity contribution is -0.131. The van der Waals surface area contributed by atoms with Gasteiger partial charge in [0, 0.05) is 12.3 Å². The lowest BCUT2D eigenvalue weighted by atomic mass is 10.1. The third-order valence-corrected chi connectivity index (χ3v) is 3.62. The Bertz CT molecular complexity index is 1070. The summed E-state index contributed by atoms with van der Waals surface area (Å²) in [7, 11) is 0. The number of nitrogens with zero attached hydrogens (tertiary/aromatic N) is 1. The van der Waals surface area contributed by atoms with Gasteiger partial charge in [-0.2, -0.15) is 0 Å². The molecular formula is C19H10F5NO2. The van der Waals surface area contributed by atoms with Crippen LogP contribution in [-0.4, -0.2) is 11.0 Å². The quantitative estimate of drug-likeness (QED) is 0.211. The van der Waals surface area contributed by atoms with Crippen LogP contribution in [0.1, 0.15) is 18.2 Å². The summed E-state index contributed by atoms with van der Waals surface area (Å²) >= 11 is 0. The molecule has 3 aromatic rings. The van der Waals surface area contributed by atoms with Crippen LogP contribution in [0.5, 0.6) is 5.75 Å². The molecule has 0 aliphatic heterocycles. The number of para-hydroxylation sites is 1. The topological polar surface area (TPSA) is 39.2 Å². The van der Waals surface area contributed by atoms with E-state index in [1.807, 2.05) is 0 Å². The minimum atomic E-state index is -2.22. The lowest BCUT2D eigenvalue weighted by Gasteiger charge is -2.06. The van der Waals surface area contributed by atoms with Crippen molar-refractivity contribution < 1.29 is 31.5 Å². The summed E-state index contributed by atoms with van der Waals surface area (Å²) in [6, 6.07) is 7.93. The van der Waals surface area contributed by atoms with E-state index >= 15 is 0 Å². The molecule has 3 nitrogen and oxygen atoms in total. The number of carbonyl (C=O) groups excluding carboxylic acids is 1. The maximum absolute atomic E-state index is 13.7. The van der Waals surface area contributed by atoms with Gasteiger partial charge in [0.1, 0.15) is 5.52 Å². The molecule has 138 valence electrons. The minimum Gasteiger partial charge on any atom is -0.424 e. The maximum atomic E-state index is 13.7. The minimum absolute atomic E-state index is 0.158. The van der Waals surface area contributed by atoms with E-state index in [0.29, 0.717) is 10.9 Å². The maximum Gasteiger partial charge on any atom is 0.308 e. The predicted octanol–water partition coefficient (Wildman–Crippen LogP) is 5.03. The molecule has 0 atom stereocenters. The number of halogens is 5. The van der Waals surface area contributed by atoms with E-state index in [-0.39, 0.29) is 11.4 Å². The summed E-state index contributed by atoms with van der Waals surface area (Å²) in [5.41, 5.74) is -0.625. The van der Waals surface area contributed by atoms with Crippen molar-refractivity contribution in [1.29, 1.82) is 0 Å². The number of ether oxygens (including phenoxy) is 1. The zero-order valence-electron chi connectivity index (χ0n) is 13.7. The van der Waals surface area contributed by atoms with Crippen LogP contribution in [0.2, 0.25) is 0 Å². The Morgan fingerprint density at radius 2 is 1.52 bits per heavy atom. The molecule has 0 aliphatic rings. The summed E-state index contributed by atoms with van der Waals surface area (Å²) in [5, 5.41) is 0.627. The number of fused-ring (bicyclic) bond motifs is 1. The Kier molecular flexibility index (Phi) is 4.89. The van der Waals surface area contributed by atoms with Crippen LogP contribution in [0.15, 0.2) is 30.3 Å². The highest BCUT2D eigenvalue weighted by molar-refractivity contribution is 5.88. The molecule has 0 bridgehead atoms. The first-order valence-corrected chi connectivity index (χ1v) is 7.57. The van der Waals surface area contributed by atoms with Crippen molar-refractivity contribution in [3.05, 3.63) is 70.7 Å². The van der Waals surface area contributed by atoms with Gasteiger partial charge in [-0.05, 0) is 24.3 Å². The number of rotatable bonds is 3. The third kappa shape index (κ3) is 3.51. The molecule has 0 radical (unpaired) electrons. The summed E-state index contributed by atoms with van der Waals surface area (Å²) < 4.78 is 72.1. The Hall–Kier alpha value is -3.29. The molecule has 1 aromatic heterocycles. The molecule has 0 unspecified atom stereocenters. The van der Waals surface area contributed by atoms with Crippen molar-refractivity contribution in [2.75, 3.05) is 0 Å². The number of esters is 1. The van der Waals surface area contributed by atoms with Gasteiger partial charge < -0.3 is 4.74 Å². The first-order valence-electron chi connectivity index (χ1n) is 7.57. The molecule has 0 saturated carbocycles. The van der Waals surface area contributed by atoms with E-state index in [4.69, 9.17) is 4.74 Å². The van der Waals surface area contributed by atoms with Crippen LogP contribution >= 0.6 is 0 Å². The van der Waals surface area contributed by atoms with Gasteiger partial charge >= 0.3 is 5.97 Å². The van der Waals surface area contributed by atoms with Crippen LogP contribution in [0.3, 0.4) is 0 Å². The van der Waals surface area contributed by atoms with Gasteiger partial charge in [-0.15, -0.1) is 0 Å². The van der Waals surface area contributed by atoms with Crippen LogP contribution in [0.25, 0.3) is 23.1 Å². The fourth-order valence-electron chi connectivity index (χ4n) is 2.40. The third-order valence-electron chi connectivity index (χ3n) is 3.62. The van der Waals surface area contributed by atoms with Crippen molar-refractivity contribution >= 4 is 29.0 Å². The summed E-state index contributed by atoms with van der Waals surface area (Å²) in [6.45, 7) is 1.21. The summed E-state index contributed by atoms with van der Waals surface area (Å²) in [6.07, 6.45) is 1.82. The smallest absolute Gasteiger partial charge is 0.308 e. The van der Waals surface area contributed by atoms with E-state index in [1.165, 1.54) is 19.1 Å². The second-order valence-electron chi connectivity index (χ2n) is 5.47. The van der Waals surface area contributed by atoms with Crippen molar-refractivity contribution in [2.45, 2.75) is 6.92 Å². The fourth-order valence-corrected chi connectivity index (χ4v) is 2.40. The molecule has 0 spiro atoms. The van der Waals surface area contributed by atoms with Crippen molar-refractivity contribution in [1.82, 2.24) is 4.98 Å². The highest BCUT2D eigenvalue weighted by Crippen LogP contribution is 2.26. The second-order valence-corrected chi connectivity index (χ2v) is 5.47. The van der Waals surface area contributed by atoms with Crippen molar-refractivity contribution in [3.63, 3.8) is 0 Å². The molecule has 0 amide bonds. The Morgan fingerprint density at radius 3 is 2.15 bits per heavy atom. The van der Waals surface area contributed by atoms with E-state index in [9.17, 15) is 26.7 Å². The van der Waals surface area contributed by atoms with Crippen LogP contribution in [0.4, 0.5) is 22.0 Å². The standard InChI is InChI=1S/C19H10F5NO2/c1-9(26)27-13-4-2-3-10-5-6-11(25-19(10)13)7-8-12-14(20)16(22)18(24)17(23)15(12)21/h2-8H,1H3. The normalized spacial score (nSPS) is 11.3. The number of pyridine rings is 1. The first kappa shape index (κ1) is 18.5. The van der Waals surface area contributed by atoms with Crippen LogP contribution in [0, 0.1) is 29.1 Å². The molecule has 8 heteroatoms. The van der Waals surface area contributed by atoms with E-state index in [1.54, 1.807) is 18.2 Å². The summed E-state index contributed by atoms with van der Waals surface area (Å²) in [4.78, 5) is 15.4. The Labute approximate surface area is 149 Å². The van der Waals surface area contributed by atoms with E-state index < -0.39 is 40.6 Å². The number of aromatic nitrogens is 1. The Balaban J connectivity index is 2.06. The fraction of sp³-hybridized carbons (Fsp3) is 0.0526. The number of hydrogen-bond acceptors (Lipinski definition) is 3. The molecule has 1 heterocycles. The molecule has 27 heavy (non-hydrogen) atoms. The van der Waals surface area contributed by atoms with Gasteiger partial charge in [-0.3, -0.25) is 4.79 Å². The van der Waals surface area contributed by atoms with Gasteiger partial charge in [0.15, 0.2) is 29.0 Å². The highest BCUT2D eigenvalue weighted by atomic mass is 19.2. The second kappa shape index (κ2) is 7.14. The van der Waals surface area contributed by atoms with Crippen LogP contribution in [-0.2, 0) is 4.79 Å². The van der Waals surface area contributed by atoms with E-state index in [2.05, 4.69) is 4.98 Å². The predicted molar refractivity (Wildman–Crippen MR) is 88.2 cm³/mol. The molecule has 0 N–H and O–H groups in total. The summed E-state index contributed by atoms with van der Waals surface area (Å²) in [5.74, 6) is -10.6. The lowest BCUT2D eigenvalue weighted by Crippen LogP contribution is -2.04. The van der Waals surface area contributed by atoms with E-state index in [0.717, 1.165) is 12.2 Å². The molecule has 0 saturated heterocycles. The Morgan fingerprint density at radius 1 is 0.889 bits per heavy atom. The van der Waals surface area contributed by atoms with Gasteiger partial charge in [0.25, 0.3) is 0 Å². The first-order chi connectivity index (χ1) is 12.8. The average molecular weight is 379 g/mol. The monoisotopic (exact) mass is 379 g/mol. The molecular weight excluding hydrogens is 369 g/mol.